The third-order valence-corrected chi connectivity index (χ3v) is 2.74. The number of hydrogen-bond donors (Lipinski definition) is 2. The lowest BCUT2D eigenvalue weighted by Crippen LogP contribution is -2.41. The van der Waals surface area contributed by atoms with Gasteiger partial charge in [-0.2, -0.15) is 0 Å². The van der Waals surface area contributed by atoms with Crippen LogP contribution < -0.4 is 10.6 Å². The molecule has 2 rings (SSSR count). The maximum atomic E-state index is 5.50. The highest BCUT2D eigenvalue weighted by Gasteiger charge is 2.06. The van der Waals surface area contributed by atoms with Gasteiger partial charge in [0.15, 0.2) is 5.96 Å². The van der Waals surface area contributed by atoms with Crippen LogP contribution in [-0.2, 0) is 6.54 Å². The average molecular weight is 414 g/mol. The smallest absolute Gasteiger partial charge is 0.226 e. The van der Waals surface area contributed by atoms with Gasteiger partial charge in [0.1, 0.15) is 12.0 Å². The van der Waals surface area contributed by atoms with Crippen LogP contribution in [0.2, 0.25) is 0 Å². The predicted molar refractivity (Wildman–Crippen MR) is 100 cm³/mol. The lowest BCUT2D eigenvalue weighted by atomic mass is 10.2. The van der Waals surface area contributed by atoms with E-state index in [1.807, 2.05) is 37.3 Å². The van der Waals surface area contributed by atoms with Crippen molar-refractivity contribution in [3.8, 4) is 11.5 Å². The molecule has 6 heteroatoms. The van der Waals surface area contributed by atoms with Gasteiger partial charge in [0.05, 0.1) is 6.54 Å². The van der Waals surface area contributed by atoms with Crippen LogP contribution in [0.5, 0.6) is 0 Å². The molecule has 2 aromatic rings. The van der Waals surface area contributed by atoms with Crippen molar-refractivity contribution in [1.82, 2.24) is 15.6 Å². The molecule has 0 spiro atoms. The normalized spacial score (nSPS) is 11.2. The van der Waals surface area contributed by atoms with Crippen LogP contribution >= 0.6 is 24.0 Å². The number of aliphatic imine (C=N–C) groups is 1. The van der Waals surface area contributed by atoms with Crippen molar-refractivity contribution in [2.75, 3.05) is 6.54 Å². The largest absolute Gasteiger partial charge is 0.444 e. The molecule has 120 valence electrons. The number of halogens is 1. The number of nitrogens with one attached hydrogen (secondary N) is 2. The molecule has 0 saturated heterocycles. The summed E-state index contributed by atoms with van der Waals surface area (Å²) in [6, 6.07) is 10.2. The SMILES string of the molecule is CCNC(=NCc1coc(-c2ccccc2)n1)NC(C)C.I. The molecule has 1 aromatic carbocycles. The van der Waals surface area contributed by atoms with E-state index in [1.54, 1.807) is 6.26 Å². The Labute approximate surface area is 148 Å². The Hall–Kier alpha value is -1.57. The molecule has 22 heavy (non-hydrogen) atoms. The molecule has 0 atom stereocenters. The maximum absolute atomic E-state index is 5.50. The number of nitrogens with zero attached hydrogens (tertiary/aromatic N) is 2. The molecule has 0 amide bonds. The Kier molecular flexibility index (Phi) is 7.94. The molecular formula is C16H23IN4O. The van der Waals surface area contributed by atoms with Crippen molar-refractivity contribution >= 4 is 29.9 Å². The first-order chi connectivity index (χ1) is 10.2. The molecule has 0 aliphatic heterocycles. The summed E-state index contributed by atoms with van der Waals surface area (Å²) in [6.45, 7) is 7.51. The van der Waals surface area contributed by atoms with E-state index >= 15 is 0 Å². The summed E-state index contributed by atoms with van der Waals surface area (Å²) in [5.41, 5.74) is 1.79. The average Bonchev–Trinajstić information content (AvgIpc) is 2.94. The van der Waals surface area contributed by atoms with E-state index in [0.29, 0.717) is 18.5 Å². The summed E-state index contributed by atoms with van der Waals surface area (Å²) in [5, 5.41) is 6.47. The first-order valence-electron chi connectivity index (χ1n) is 7.23. The molecule has 0 unspecified atom stereocenters. The van der Waals surface area contributed by atoms with Crippen LogP contribution in [0.1, 0.15) is 26.5 Å². The van der Waals surface area contributed by atoms with Crippen LogP contribution in [0.4, 0.5) is 0 Å². The van der Waals surface area contributed by atoms with Crippen molar-refractivity contribution in [3.63, 3.8) is 0 Å². The number of rotatable bonds is 5. The predicted octanol–water partition coefficient (Wildman–Crippen LogP) is 3.42. The van der Waals surface area contributed by atoms with Gasteiger partial charge < -0.3 is 15.1 Å². The van der Waals surface area contributed by atoms with E-state index in [4.69, 9.17) is 4.42 Å². The minimum atomic E-state index is 0. The highest BCUT2D eigenvalue weighted by atomic mass is 127. The van der Waals surface area contributed by atoms with E-state index in [0.717, 1.165) is 23.8 Å². The Morgan fingerprint density at radius 2 is 2.00 bits per heavy atom. The molecule has 1 aromatic heterocycles. The number of aromatic nitrogens is 1. The van der Waals surface area contributed by atoms with Crippen LogP contribution in [0, 0.1) is 0 Å². The third-order valence-electron chi connectivity index (χ3n) is 2.74. The van der Waals surface area contributed by atoms with E-state index in [2.05, 4.69) is 34.5 Å². The van der Waals surface area contributed by atoms with Gasteiger partial charge >= 0.3 is 0 Å². The zero-order chi connectivity index (χ0) is 15.1. The van der Waals surface area contributed by atoms with Gasteiger partial charge in [-0.15, -0.1) is 24.0 Å². The second-order valence-corrected chi connectivity index (χ2v) is 5.00. The van der Waals surface area contributed by atoms with Gasteiger partial charge in [-0.25, -0.2) is 9.98 Å². The van der Waals surface area contributed by atoms with Crippen LogP contribution in [0.25, 0.3) is 11.5 Å². The lowest BCUT2D eigenvalue weighted by Gasteiger charge is -2.13. The molecule has 0 aliphatic carbocycles. The summed E-state index contributed by atoms with van der Waals surface area (Å²) < 4.78 is 5.50. The number of benzene rings is 1. The summed E-state index contributed by atoms with van der Waals surface area (Å²) in [5.74, 6) is 1.42. The fourth-order valence-corrected chi connectivity index (χ4v) is 1.85. The Morgan fingerprint density at radius 3 is 2.64 bits per heavy atom. The minimum absolute atomic E-state index is 0. The van der Waals surface area contributed by atoms with Gasteiger partial charge in [0.2, 0.25) is 5.89 Å². The second-order valence-electron chi connectivity index (χ2n) is 5.00. The van der Waals surface area contributed by atoms with Crippen molar-refractivity contribution in [1.29, 1.82) is 0 Å². The molecule has 0 saturated carbocycles. The zero-order valence-corrected chi connectivity index (χ0v) is 15.5. The number of oxazole rings is 1. The summed E-state index contributed by atoms with van der Waals surface area (Å²) in [4.78, 5) is 8.97. The maximum Gasteiger partial charge on any atom is 0.226 e. The van der Waals surface area contributed by atoms with Gasteiger partial charge in [-0.3, -0.25) is 0 Å². The van der Waals surface area contributed by atoms with Crippen molar-refractivity contribution in [2.24, 2.45) is 4.99 Å². The van der Waals surface area contributed by atoms with E-state index in [9.17, 15) is 0 Å². The molecule has 0 aliphatic rings. The fraction of sp³-hybridized carbons (Fsp3) is 0.375. The van der Waals surface area contributed by atoms with Crippen molar-refractivity contribution < 1.29 is 4.42 Å². The Morgan fingerprint density at radius 1 is 1.27 bits per heavy atom. The molecule has 1 heterocycles. The van der Waals surface area contributed by atoms with E-state index in [1.165, 1.54) is 0 Å². The quantitative estimate of drug-likeness (QED) is 0.447. The van der Waals surface area contributed by atoms with Gasteiger partial charge in [-0.05, 0) is 32.9 Å². The highest BCUT2D eigenvalue weighted by Crippen LogP contribution is 2.18. The lowest BCUT2D eigenvalue weighted by molar-refractivity contribution is 0.572. The molecule has 0 radical (unpaired) electrons. The summed E-state index contributed by atoms with van der Waals surface area (Å²) in [7, 11) is 0. The van der Waals surface area contributed by atoms with E-state index in [-0.39, 0.29) is 24.0 Å². The van der Waals surface area contributed by atoms with Gasteiger partial charge in [0, 0.05) is 18.2 Å². The minimum Gasteiger partial charge on any atom is -0.444 e. The fourth-order valence-electron chi connectivity index (χ4n) is 1.85. The number of hydrogen-bond acceptors (Lipinski definition) is 3. The molecule has 5 nitrogen and oxygen atoms in total. The number of guanidine groups is 1. The van der Waals surface area contributed by atoms with E-state index < -0.39 is 0 Å². The third kappa shape index (κ3) is 5.67. The van der Waals surface area contributed by atoms with Crippen LogP contribution in [0.15, 0.2) is 46.0 Å². The van der Waals surface area contributed by atoms with Crippen molar-refractivity contribution in [3.05, 3.63) is 42.3 Å². The topological polar surface area (TPSA) is 62.5 Å². The van der Waals surface area contributed by atoms with Crippen LogP contribution in [0.3, 0.4) is 0 Å². The molecule has 2 N–H and O–H groups in total. The molecule has 0 bridgehead atoms. The summed E-state index contributed by atoms with van der Waals surface area (Å²) in [6.07, 6.45) is 1.66. The van der Waals surface area contributed by atoms with Gasteiger partial charge in [0.25, 0.3) is 0 Å². The molecule has 0 fully saturated rings. The molecular weight excluding hydrogens is 391 g/mol. The second kappa shape index (κ2) is 9.45. The first kappa shape index (κ1) is 18.5. The standard InChI is InChI=1S/C16H22N4O.HI/c1-4-17-16(19-12(2)3)18-10-14-11-21-15(20-14)13-8-6-5-7-9-13;/h5-9,11-12H,4,10H2,1-3H3,(H2,17,18,19);1H. The van der Waals surface area contributed by atoms with Crippen molar-refractivity contribution in [2.45, 2.75) is 33.4 Å². The Bertz CT molecular complexity index is 581. The Balaban J connectivity index is 0.00000242. The highest BCUT2D eigenvalue weighted by molar-refractivity contribution is 14.0. The summed E-state index contributed by atoms with van der Waals surface area (Å²) >= 11 is 0. The first-order valence-corrected chi connectivity index (χ1v) is 7.23. The van der Waals surface area contributed by atoms with Gasteiger partial charge in [-0.1, -0.05) is 18.2 Å². The zero-order valence-electron chi connectivity index (χ0n) is 13.2. The monoisotopic (exact) mass is 414 g/mol. The van der Waals surface area contributed by atoms with Crippen LogP contribution in [-0.4, -0.2) is 23.5 Å².